The molecule has 1 rings (SSSR count). The van der Waals surface area contributed by atoms with Crippen LogP contribution in [-0.4, -0.2) is 17.1 Å². The lowest BCUT2D eigenvalue weighted by molar-refractivity contribution is 0.0937. The van der Waals surface area contributed by atoms with E-state index in [2.05, 4.69) is 5.32 Å². The molecule has 5 heteroatoms. The predicted molar refractivity (Wildman–Crippen MR) is 55.2 cm³/mol. The summed E-state index contributed by atoms with van der Waals surface area (Å²) in [4.78, 5) is 11.5. The van der Waals surface area contributed by atoms with Gasteiger partial charge in [-0.25, -0.2) is 4.39 Å². The van der Waals surface area contributed by atoms with Gasteiger partial charge < -0.3 is 10.4 Å². The fourth-order valence-corrected chi connectivity index (χ4v) is 1.18. The van der Waals surface area contributed by atoms with Crippen molar-refractivity contribution in [2.45, 2.75) is 19.4 Å². The maximum atomic E-state index is 13.3. The molecule has 0 heterocycles. The number of nitriles is 1. The van der Waals surface area contributed by atoms with Crippen molar-refractivity contribution < 1.29 is 14.3 Å². The lowest BCUT2D eigenvalue weighted by atomic mass is 10.1. The van der Waals surface area contributed by atoms with Crippen molar-refractivity contribution in [3.8, 4) is 11.8 Å². The highest BCUT2D eigenvalue weighted by molar-refractivity contribution is 5.94. The van der Waals surface area contributed by atoms with E-state index in [0.717, 1.165) is 6.07 Å². The van der Waals surface area contributed by atoms with Gasteiger partial charge >= 0.3 is 0 Å². The van der Waals surface area contributed by atoms with E-state index in [1.807, 2.05) is 6.07 Å². The molecule has 0 aliphatic rings. The van der Waals surface area contributed by atoms with Crippen molar-refractivity contribution >= 4 is 5.91 Å². The van der Waals surface area contributed by atoms with Crippen LogP contribution in [0, 0.1) is 17.1 Å². The van der Waals surface area contributed by atoms with E-state index >= 15 is 0 Å². The molecule has 0 aromatic heterocycles. The second-order valence-corrected chi connectivity index (χ2v) is 3.40. The number of nitrogens with zero attached hydrogens (tertiary/aromatic N) is 1. The standard InChI is InChI=1S/C11H11FN2O2/c1-7(4-5-13)14-11(16)9-3-2-8(15)6-10(9)12/h2-3,6-7,15H,4H2,1H3,(H,14,16). The molecule has 0 spiro atoms. The highest BCUT2D eigenvalue weighted by Crippen LogP contribution is 2.15. The molecule has 0 fully saturated rings. The van der Waals surface area contributed by atoms with Crippen molar-refractivity contribution in [2.24, 2.45) is 0 Å². The van der Waals surface area contributed by atoms with Crippen molar-refractivity contribution in [1.82, 2.24) is 5.32 Å². The van der Waals surface area contributed by atoms with Crippen LogP contribution in [0.2, 0.25) is 0 Å². The van der Waals surface area contributed by atoms with Crippen LogP contribution in [0.3, 0.4) is 0 Å². The molecule has 1 aromatic carbocycles. The van der Waals surface area contributed by atoms with Gasteiger partial charge in [-0.3, -0.25) is 4.79 Å². The Hall–Kier alpha value is -2.09. The highest BCUT2D eigenvalue weighted by atomic mass is 19.1. The quantitative estimate of drug-likeness (QED) is 0.815. The summed E-state index contributed by atoms with van der Waals surface area (Å²) in [6, 6.07) is 4.85. The Morgan fingerprint density at radius 2 is 2.38 bits per heavy atom. The van der Waals surface area contributed by atoms with Crippen LogP contribution < -0.4 is 5.32 Å². The zero-order valence-electron chi connectivity index (χ0n) is 8.70. The van der Waals surface area contributed by atoms with E-state index in [1.165, 1.54) is 12.1 Å². The maximum Gasteiger partial charge on any atom is 0.254 e. The van der Waals surface area contributed by atoms with Crippen LogP contribution in [0.4, 0.5) is 4.39 Å². The van der Waals surface area contributed by atoms with Gasteiger partial charge in [0.1, 0.15) is 11.6 Å². The Morgan fingerprint density at radius 1 is 1.69 bits per heavy atom. The molecule has 1 atom stereocenters. The molecule has 0 saturated heterocycles. The average molecular weight is 222 g/mol. The first-order valence-corrected chi connectivity index (χ1v) is 4.71. The second kappa shape index (κ2) is 5.12. The van der Waals surface area contributed by atoms with Gasteiger partial charge in [0.15, 0.2) is 0 Å². The summed E-state index contributed by atoms with van der Waals surface area (Å²) in [7, 11) is 0. The molecule has 1 amide bonds. The van der Waals surface area contributed by atoms with E-state index in [-0.39, 0.29) is 23.8 Å². The molecular formula is C11H11FN2O2. The van der Waals surface area contributed by atoms with Gasteiger partial charge in [-0.2, -0.15) is 5.26 Å². The highest BCUT2D eigenvalue weighted by Gasteiger charge is 2.14. The van der Waals surface area contributed by atoms with E-state index in [1.54, 1.807) is 6.92 Å². The zero-order chi connectivity index (χ0) is 12.1. The lowest BCUT2D eigenvalue weighted by Crippen LogP contribution is -2.32. The minimum absolute atomic E-state index is 0.150. The summed E-state index contributed by atoms with van der Waals surface area (Å²) in [6.07, 6.45) is 0.158. The first kappa shape index (κ1) is 12.0. The van der Waals surface area contributed by atoms with Crippen LogP contribution >= 0.6 is 0 Å². The largest absolute Gasteiger partial charge is 0.508 e. The van der Waals surface area contributed by atoms with E-state index in [9.17, 15) is 9.18 Å². The third-order valence-electron chi connectivity index (χ3n) is 1.97. The number of carbonyl (C=O) groups excluding carboxylic acids is 1. The smallest absolute Gasteiger partial charge is 0.254 e. The Bertz CT molecular complexity index is 440. The molecule has 0 aliphatic carbocycles. The fourth-order valence-electron chi connectivity index (χ4n) is 1.18. The van der Waals surface area contributed by atoms with E-state index < -0.39 is 11.7 Å². The molecule has 0 saturated carbocycles. The lowest BCUT2D eigenvalue weighted by Gasteiger charge is -2.10. The maximum absolute atomic E-state index is 13.3. The molecule has 2 N–H and O–H groups in total. The fraction of sp³-hybridized carbons (Fsp3) is 0.273. The Kier molecular flexibility index (Phi) is 3.84. The number of benzene rings is 1. The predicted octanol–water partition coefficient (Wildman–Crippen LogP) is 1.56. The Labute approximate surface area is 92.3 Å². The molecule has 0 aliphatic heterocycles. The third kappa shape index (κ3) is 2.95. The van der Waals surface area contributed by atoms with Gasteiger partial charge in [0.05, 0.1) is 18.1 Å². The monoisotopic (exact) mass is 222 g/mol. The third-order valence-corrected chi connectivity index (χ3v) is 1.97. The van der Waals surface area contributed by atoms with Crippen molar-refractivity contribution in [3.05, 3.63) is 29.6 Å². The summed E-state index contributed by atoms with van der Waals surface area (Å²) in [5.41, 5.74) is -0.150. The second-order valence-electron chi connectivity index (χ2n) is 3.40. The normalized spacial score (nSPS) is 11.6. The Balaban J connectivity index is 2.78. The SMILES string of the molecule is CC(CC#N)NC(=O)c1ccc(O)cc1F. The summed E-state index contributed by atoms with van der Waals surface area (Å²) in [5, 5.41) is 19.8. The van der Waals surface area contributed by atoms with Crippen LogP contribution in [0.15, 0.2) is 18.2 Å². The number of hydrogen-bond acceptors (Lipinski definition) is 3. The van der Waals surface area contributed by atoms with Crippen molar-refractivity contribution in [1.29, 1.82) is 5.26 Å². The van der Waals surface area contributed by atoms with Crippen molar-refractivity contribution in [2.75, 3.05) is 0 Å². The summed E-state index contributed by atoms with van der Waals surface area (Å²) in [6.45, 7) is 1.65. The number of hydrogen-bond donors (Lipinski definition) is 2. The van der Waals surface area contributed by atoms with Gasteiger partial charge in [-0.15, -0.1) is 0 Å². The molecule has 0 bridgehead atoms. The number of phenolic OH excluding ortho intramolecular Hbond substituents is 1. The van der Waals surface area contributed by atoms with Crippen LogP contribution in [0.25, 0.3) is 0 Å². The minimum Gasteiger partial charge on any atom is -0.508 e. The van der Waals surface area contributed by atoms with Crippen molar-refractivity contribution in [3.63, 3.8) is 0 Å². The molecule has 84 valence electrons. The first-order valence-electron chi connectivity index (χ1n) is 4.71. The topological polar surface area (TPSA) is 73.1 Å². The van der Waals surface area contributed by atoms with E-state index in [4.69, 9.17) is 10.4 Å². The molecule has 1 aromatic rings. The average Bonchev–Trinajstić information content (AvgIpc) is 2.17. The van der Waals surface area contributed by atoms with Gasteiger partial charge in [0.25, 0.3) is 5.91 Å². The van der Waals surface area contributed by atoms with Gasteiger partial charge in [0.2, 0.25) is 0 Å². The number of phenols is 1. The number of amides is 1. The van der Waals surface area contributed by atoms with Crippen LogP contribution in [-0.2, 0) is 0 Å². The van der Waals surface area contributed by atoms with Crippen LogP contribution in [0.1, 0.15) is 23.7 Å². The van der Waals surface area contributed by atoms with Gasteiger partial charge in [-0.1, -0.05) is 0 Å². The van der Waals surface area contributed by atoms with E-state index in [0.29, 0.717) is 0 Å². The summed E-state index contributed by atoms with van der Waals surface area (Å²) < 4.78 is 13.3. The number of nitrogens with one attached hydrogen (secondary N) is 1. The van der Waals surface area contributed by atoms with Gasteiger partial charge in [-0.05, 0) is 19.1 Å². The molecule has 16 heavy (non-hydrogen) atoms. The number of rotatable bonds is 3. The molecular weight excluding hydrogens is 211 g/mol. The summed E-state index contributed by atoms with van der Waals surface area (Å²) in [5.74, 6) is -1.62. The number of halogens is 1. The van der Waals surface area contributed by atoms with Crippen LogP contribution in [0.5, 0.6) is 5.75 Å². The molecule has 4 nitrogen and oxygen atoms in total. The summed E-state index contributed by atoms with van der Waals surface area (Å²) >= 11 is 0. The Morgan fingerprint density at radius 3 is 2.94 bits per heavy atom. The molecule has 1 unspecified atom stereocenters. The zero-order valence-corrected chi connectivity index (χ0v) is 8.70. The number of carbonyl (C=O) groups is 1. The van der Waals surface area contributed by atoms with Gasteiger partial charge in [0, 0.05) is 12.1 Å². The number of aromatic hydroxyl groups is 1. The first-order chi connectivity index (χ1) is 7.54. The minimum atomic E-state index is -0.790. The molecule has 0 radical (unpaired) electrons.